The summed E-state index contributed by atoms with van der Waals surface area (Å²) in [6, 6.07) is 0. The molecule has 0 aliphatic heterocycles. The van der Waals surface area contributed by atoms with Crippen LogP contribution in [0.1, 0.15) is 46.5 Å². The lowest BCUT2D eigenvalue weighted by atomic mass is 9.69. The van der Waals surface area contributed by atoms with Crippen LogP contribution in [0.5, 0.6) is 0 Å². The minimum atomic E-state index is -1.05. The largest absolute Gasteiger partial charge is 0.328 e. The van der Waals surface area contributed by atoms with Crippen molar-refractivity contribution in [2.24, 2.45) is 17.1 Å². The third-order valence-electron chi connectivity index (χ3n) is 3.47. The van der Waals surface area contributed by atoms with E-state index in [0.29, 0.717) is 24.2 Å². The van der Waals surface area contributed by atoms with Gasteiger partial charge in [-0.15, -0.1) is 12.4 Å². The molecule has 0 heterocycles. The van der Waals surface area contributed by atoms with Gasteiger partial charge in [0.15, 0.2) is 0 Å². The predicted octanol–water partition coefficient (Wildman–Crippen LogP) is 3.31. The fraction of sp³-hybridized carbons (Fsp3) is 1.00. The highest BCUT2D eigenvalue weighted by Gasteiger charge is 2.37. The van der Waals surface area contributed by atoms with Gasteiger partial charge in [0.25, 0.3) is 0 Å². The molecule has 14 heavy (non-hydrogen) atoms. The molecule has 1 aliphatic rings. The van der Waals surface area contributed by atoms with Crippen molar-refractivity contribution >= 4 is 12.4 Å². The van der Waals surface area contributed by atoms with Crippen LogP contribution in [-0.2, 0) is 0 Å². The summed E-state index contributed by atoms with van der Waals surface area (Å²) >= 11 is 0. The van der Waals surface area contributed by atoms with Gasteiger partial charge < -0.3 is 5.73 Å². The van der Waals surface area contributed by atoms with Gasteiger partial charge in [0.05, 0.1) is 0 Å². The molecule has 1 fully saturated rings. The first kappa shape index (κ1) is 14.2. The molecule has 2 N–H and O–H groups in total. The van der Waals surface area contributed by atoms with Gasteiger partial charge in [-0.25, -0.2) is 4.39 Å². The summed E-state index contributed by atoms with van der Waals surface area (Å²) < 4.78 is 13.7. The molecular formula is C11H23ClFN. The lowest BCUT2D eigenvalue weighted by molar-refractivity contribution is 0.0560. The van der Waals surface area contributed by atoms with E-state index in [2.05, 4.69) is 20.8 Å². The Balaban J connectivity index is 0.00000169. The molecule has 0 atom stereocenters. The van der Waals surface area contributed by atoms with E-state index in [1.54, 1.807) is 0 Å². The van der Waals surface area contributed by atoms with E-state index in [-0.39, 0.29) is 19.0 Å². The van der Waals surface area contributed by atoms with Crippen LogP contribution in [0, 0.1) is 11.3 Å². The van der Waals surface area contributed by atoms with E-state index in [1.807, 2.05) is 0 Å². The number of nitrogens with two attached hydrogens (primary N) is 1. The van der Waals surface area contributed by atoms with Crippen molar-refractivity contribution < 1.29 is 4.39 Å². The number of alkyl halides is 1. The van der Waals surface area contributed by atoms with Gasteiger partial charge in [-0.1, -0.05) is 20.8 Å². The van der Waals surface area contributed by atoms with Crippen LogP contribution in [0.25, 0.3) is 0 Å². The molecule has 1 aliphatic carbocycles. The van der Waals surface area contributed by atoms with Crippen molar-refractivity contribution in [3.8, 4) is 0 Å². The highest BCUT2D eigenvalue weighted by atomic mass is 35.5. The van der Waals surface area contributed by atoms with Gasteiger partial charge in [-0.2, -0.15) is 0 Å². The molecule has 3 heteroatoms. The number of hydrogen-bond donors (Lipinski definition) is 1. The molecule has 0 saturated heterocycles. The highest BCUT2D eigenvalue weighted by molar-refractivity contribution is 5.85. The Bertz CT molecular complexity index is 169. The molecule has 1 saturated carbocycles. The standard InChI is InChI=1S/C11H22FN.ClH/c1-10(2,3)9-4-6-11(12,8-13)7-5-9;/h9H,4-8,13H2,1-3H3;1H. The normalized spacial score (nSPS) is 33.6. The fourth-order valence-corrected chi connectivity index (χ4v) is 2.21. The number of halogens is 2. The third kappa shape index (κ3) is 3.39. The van der Waals surface area contributed by atoms with Crippen LogP contribution in [-0.4, -0.2) is 12.2 Å². The second-order valence-electron chi connectivity index (χ2n) is 5.50. The Morgan fingerprint density at radius 3 is 2.00 bits per heavy atom. The number of rotatable bonds is 1. The SMILES string of the molecule is CC(C)(C)C1CCC(F)(CN)CC1.Cl. The Labute approximate surface area is 93.0 Å². The summed E-state index contributed by atoms with van der Waals surface area (Å²) in [7, 11) is 0. The zero-order chi connectivity index (χ0) is 10.1. The molecule has 0 spiro atoms. The maximum atomic E-state index is 13.7. The second-order valence-corrected chi connectivity index (χ2v) is 5.50. The molecule has 0 aromatic rings. The molecule has 0 aromatic heterocycles. The maximum Gasteiger partial charge on any atom is 0.123 e. The van der Waals surface area contributed by atoms with Gasteiger partial charge in [0.2, 0.25) is 0 Å². The first-order valence-electron chi connectivity index (χ1n) is 5.26. The Morgan fingerprint density at radius 2 is 1.71 bits per heavy atom. The summed E-state index contributed by atoms with van der Waals surface area (Å²) in [6.07, 6.45) is 3.31. The molecule has 86 valence electrons. The molecule has 0 bridgehead atoms. The molecule has 1 rings (SSSR count). The quantitative estimate of drug-likeness (QED) is 0.725. The number of hydrogen-bond acceptors (Lipinski definition) is 1. The lowest BCUT2D eigenvalue weighted by Crippen LogP contribution is -2.39. The van der Waals surface area contributed by atoms with Gasteiger partial charge in [-0.05, 0) is 37.0 Å². The van der Waals surface area contributed by atoms with Gasteiger partial charge in [0.1, 0.15) is 5.67 Å². The van der Waals surface area contributed by atoms with Crippen molar-refractivity contribution in [3.63, 3.8) is 0 Å². The Kier molecular flexibility index (Phi) is 4.86. The van der Waals surface area contributed by atoms with Crippen LogP contribution in [0.3, 0.4) is 0 Å². The maximum absolute atomic E-state index is 13.7. The monoisotopic (exact) mass is 223 g/mol. The van der Waals surface area contributed by atoms with E-state index in [9.17, 15) is 4.39 Å². The lowest BCUT2D eigenvalue weighted by Gasteiger charge is -2.39. The van der Waals surface area contributed by atoms with Crippen LogP contribution >= 0.6 is 12.4 Å². The summed E-state index contributed by atoms with van der Waals surface area (Å²) in [5.74, 6) is 0.669. The molecule has 1 nitrogen and oxygen atoms in total. The zero-order valence-corrected chi connectivity index (χ0v) is 10.3. The molecule has 0 unspecified atom stereocenters. The summed E-state index contributed by atoms with van der Waals surface area (Å²) in [4.78, 5) is 0. The Morgan fingerprint density at radius 1 is 1.29 bits per heavy atom. The van der Waals surface area contributed by atoms with Crippen molar-refractivity contribution in [3.05, 3.63) is 0 Å². The van der Waals surface area contributed by atoms with E-state index in [4.69, 9.17) is 5.73 Å². The van der Waals surface area contributed by atoms with Crippen molar-refractivity contribution in [1.82, 2.24) is 0 Å². The first-order valence-corrected chi connectivity index (χ1v) is 5.26. The van der Waals surface area contributed by atoms with Crippen LogP contribution in [0.4, 0.5) is 4.39 Å². The smallest absolute Gasteiger partial charge is 0.123 e. The average molecular weight is 224 g/mol. The second kappa shape index (κ2) is 4.80. The fourth-order valence-electron chi connectivity index (χ4n) is 2.21. The van der Waals surface area contributed by atoms with Crippen LogP contribution in [0.15, 0.2) is 0 Å². The predicted molar refractivity (Wildman–Crippen MR) is 61.6 cm³/mol. The minimum absolute atomic E-state index is 0. The van der Waals surface area contributed by atoms with E-state index in [1.165, 1.54) is 0 Å². The summed E-state index contributed by atoms with van der Waals surface area (Å²) in [6.45, 7) is 6.92. The zero-order valence-electron chi connectivity index (χ0n) is 9.48. The van der Waals surface area contributed by atoms with Gasteiger partial charge in [-0.3, -0.25) is 0 Å². The molecule has 0 radical (unpaired) electrons. The van der Waals surface area contributed by atoms with E-state index >= 15 is 0 Å². The van der Waals surface area contributed by atoms with Crippen LogP contribution < -0.4 is 5.73 Å². The van der Waals surface area contributed by atoms with Crippen molar-refractivity contribution in [2.45, 2.75) is 52.1 Å². The van der Waals surface area contributed by atoms with Gasteiger partial charge >= 0.3 is 0 Å². The van der Waals surface area contributed by atoms with E-state index < -0.39 is 5.67 Å². The summed E-state index contributed by atoms with van der Waals surface area (Å²) in [5.41, 5.74) is 4.69. The van der Waals surface area contributed by atoms with Crippen molar-refractivity contribution in [2.75, 3.05) is 6.54 Å². The van der Waals surface area contributed by atoms with Crippen molar-refractivity contribution in [1.29, 1.82) is 0 Å². The minimum Gasteiger partial charge on any atom is -0.328 e. The molecule has 0 amide bonds. The Hall–Kier alpha value is 0.180. The molecule has 0 aromatic carbocycles. The van der Waals surface area contributed by atoms with E-state index in [0.717, 1.165) is 12.8 Å². The third-order valence-corrected chi connectivity index (χ3v) is 3.47. The topological polar surface area (TPSA) is 26.0 Å². The summed E-state index contributed by atoms with van der Waals surface area (Å²) in [5, 5.41) is 0. The van der Waals surface area contributed by atoms with Gasteiger partial charge in [0, 0.05) is 6.54 Å². The average Bonchev–Trinajstić information content (AvgIpc) is 2.04. The van der Waals surface area contributed by atoms with Crippen LogP contribution in [0.2, 0.25) is 0 Å². The highest BCUT2D eigenvalue weighted by Crippen LogP contribution is 2.42. The molecular weight excluding hydrogens is 201 g/mol. The first-order chi connectivity index (χ1) is 5.87.